The minimum atomic E-state index is -0.114. The smallest absolute Gasteiger partial charge is 0.123 e. The second kappa shape index (κ2) is 15.6. The first-order valence-electron chi connectivity index (χ1n) is 19.1. The van der Waals surface area contributed by atoms with Crippen molar-refractivity contribution in [2.45, 2.75) is 158 Å². The largest absolute Gasteiger partial charge is 0.507 e. The molecule has 0 spiro atoms. The fourth-order valence-electron chi connectivity index (χ4n) is 7.31. The molecular formula is C46H72N2O2. The lowest BCUT2D eigenvalue weighted by molar-refractivity contribution is 0.258. The normalized spacial score (nSPS) is 15.3. The van der Waals surface area contributed by atoms with E-state index in [0.29, 0.717) is 23.5 Å². The predicted octanol–water partition coefficient (Wildman–Crippen LogP) is 12.7. The minimum Gasteiger partial charge on any atom is -0.507 e. The highest BCUT2D eigenvalue weighted by Crippen LogP contribution is 2.46. The Hall–Kier alpha value is -3.14. The first kappa shape index (κ1) is 41.3. The predicted molar refractivity (Wildman–Crippen MR) is 219 cm³/mol. The molecule has 4 nitrogen and oxygen atoms in total. The van der Waals surface area contributed by atoms with Gasteiger partial charge in [-0.25, -0.2) is 0 Å². The number of rotatable bonds is 6. The lowest BCUT2D eigenvalue weighted by Gasteiger charge is -2.37. The molecule has 3 aromatic rings. The molecule has 3 aromatic carbocycles. The summed E-state index contributed by atoms with van der Waals surface area (Å²) >= 11 is 0. The maximum absolute atomic E-state index is 11.0. The first-order valence-corrected chi connectivity index (χ1v) is 19.1. The summed E-state index contributed by atoms with van der Waals surface area (Å²) in [5, 5.41) is 22.0. The van der Waals surface area contributed by atoms with Crippen molar-refractivity contribution < 1.29 is 10.2 Å². The zero-order chi connectivity index (χ0) is 38.0. The molecule has 1 aliphatic carbocycles. The minimum absolute atomic E-state index is 0.0695. The Balaban J connectivity index is 0.000000271. The molecule has 1 saturated carbocycles. The number of phenols is 2. The SMILES string of the molecule is CC(Cc1cc(N(C)c2ccccc2)cc(C(C)(C)C)c1O)C(C)(C)C.Cc1c(N(C)C2CCCCC2)cc(C(C)(C)C)c(O)c1C(C)(C)C. The highest BCUT2D eigenvalue weighted by molar-refractivity contribution is 5.68. The molecule has 0 saturated heterocycles. The highest BCUT2D eigenvalue weighted by Gasteiger charge is 2.31. The van der Waals surface area contributed by atoms with Crippen molar-refractivity contribution in [1.29, 1.82) is 0 Å². The van der Waals surface area contributed by atoms with Crippen LogP contribution in [0.15, 0.2) is 48.5 Å². The molecule has 278 valence electrons. The zero-order valence-electron chi connectivity index (χ0n) is 34.8. The van der Waals surface area contributed by atoms with Gasteiger partial charge in [-0.2, -0.15) is 0 Å². The van der Waals surface area contributed by atoms with E-state index in [9.17, 15) is 10.2 Å². The summed E-state index contributed by atoms with van der Waals surface area (Å²) in [5.41, 5.74) is 8.97. The summed E-state index contributed by atoms with van der Waals surface area (Å²) in [4.78, 5) is 4.68. The number of aromatic hydroxyl groups is 2. The van der Waals surface area contributed by atoms with E-state index in [1.54, 1.807) is 0 Å². The Kier molecular flexibility index (Phi) is 12.9. The van der Waals surface area contributed by atoms with Crippen molar-refractivity contribution in [2.24, 2.45) is 11.3 Å². The number of benzene rings is 3. The van der Waals surface area contributed by atoms with Gasteiger partial charge in [0, 0.05) is 53.9 Å². The van der Waals surface area contributed by atoms with Gasteiger partial charge in [0.2, 0.25) is 0 Å². The van der Waals surface area contributed by atoms with Gasteiger partial charge in [-0.1, -0.05) is 127 Å². The second-order valence-corrected chi connectivity index (χ2v) is 19.3. The van der Waals surface area contributed by atoms with Crippen molar-refractivity contribution in [2.75, 3.05) is 23.9 Å². The van der Waals surface area contributed by atoms with Crippen LogP contribution < -0.4 is 9.80 Å². The zero-order valence-corrected chi connectivity index (χ0v) is 34.8. The van der Waals surface area contributed by atoms with Crippen molar-refractivity contribution >= 4 is 17.1 Å². The molecule has 1 atom stereocenters. The third-order valence-corrected chi connectivity index (χ3v) is 11.1. The van der Waals surface area contributed by atoms with Crippen LogP contribution >= 0.6 is 0 Å². The number of hydrogen-bond acceptors (Lipinski definition) is 4. The van der Waals surface area contributed by atoms with E-state index < -0.39 is 0 Å². The lowest BCUT2D eigenvalue weighted by atomic mass is 9.76. The summed E-state index contributed by atoms with van der Waals surface area (Å²) in [5.74, 6) is 1.42. The van der Waals surface area contributed by atoms with Gasteiger partial charge >= 0.3 is 0 Å². The molecule has 2 N–H and O–H groups in total. The van der Waals surface area contributed by atoms with E-state index in [2.05, 4.69) is 163 Å². The summed E-state index contributed by atoms with van der Waals surface area (Å²) < 4.78 is 0. The molecule has 0 aromatic heterocycles. The number of anilines is 3. The highest BCUT2D eigenvalue weighted by atomic mass is 16.3. The van der Waals surface area contributed by atoms with Gasteiger partial charge in [-0.05, 0) is 95.2 Å². The van der Waals surface area contributed by atoms with Gasteiger partial charge in [-0.3, -0.25) is 0 Å². The van der Waals surface area contributed by atoms with Crippen LogP contribution in [0.1, 0.15) is 150 Å². The lowest BCUT2D eigenvalue weighted by Crippen LogP contribution is -2.34. The molecule has 0 heterocycles. The molecule has 1 aliphatic rings. The quantitative estimate of drug-likeness (QED) is 0.271. The van der Waals surface area contributed by atoms with Crippen LogP contribution in [-0.4, -0.2) is 30.4 Å². The molecule has 1 fully saturated rings. The molecule has 50 heavy (non-hydrogen) atoms. The number of phenolic OH excluding ortho intramolecular Hbond substituents is 2. The van der Waals surface area contributed by atoms with E-state index in [1.807, 2.05) is 6.07 Å². The van der Waals surface area contributed by atoms with Gasteiger partial charge in [-0.15, -0.1) is 0 Å². The molecule has 0 radical (unpaired) electrons. The summed E-state index contributed by atoms with van der Waals surface area (Å²) in [6.07, 6.45) is 7.49. The van der Waals surface area contributed by atoms with Gasteiger partial charge < -0.3 is 20.0 Å². The Morgan fingerprint density at radius 3 is 1.68 bits per heavy atom. The molecule has 0 aliphatic heterocycles. The average molecular weight is 685 g/mol. The fourth-order valence-corrected chi connectivity index (χ4v) is 7.31. The molecule has 0 bridgehead atoms. The molecule has 0 amide bonds. The summed E-state index contributed by atoms with van der Waals surface area (Å²) in [6.45, 7) is 30.9. The van der Waals surface area contributed by atoms with Gasteiger partial charge in [0.15, 0.2) is 0 Å². The topological polar surface area (TPSA) is 46.9 Å². The fraction of sp³-hybridized carbons (Fsp3) is 0.609. The molecule has 4 heteroatoms. The number of para-hydroxylation sites is 1. The van der Waals surface area contributed by atoms with Crippen molar-refractivity contribution in [1.82, 2.24) is 0 Å². The Morgan fingerprint density at radius 1 is 0.680 bits per heavy atom. The van der Waals surface area contributed by atoms with E-state index in [1.165, 1.54) is 43.4 Å². The van der Waals surface area contributed by atoms with Crippen LogP contribution in [0.3, 0.4) is 0 Å². The van der Waals surface area contributed by atoms with Crippen molar-refractivity contribution in [3.8, 4) is 11.5 Å². The van der Waals surface area contributed by atoms with Crippen LogP contribution in [0.4, 0.5) is 17.1 Å². The Labute approximate surface area is 307 Å². The second-order valence-electron chi connectivity index (χ2n) is 19.3. The molecule has 1 unspecified atom stereocenters. The molecule has 4 rings (SSSR count). The van der Waals surface area contributed by atoms with Crippen LogP contribution in [0, 0.1) is 18.3 Å². The first-order chi connectivity index (χ1) is 22.9. The van der Waals surface area contributed by atoms with Crippen LogP contribution in [0.5, 0.6) is 11.5 Å². The number of nitrogens with zero attached hydrogens (tertiary/aromatic N) is 2. The third kappa shape index (κ3) is 10.0. The Morgan fingerprint density at radius 2 is 1.20 bits per heavy atom. The monoisotopic (exact) mass is 685 g/mol. The number of hydrogen-bond donors (Lipinski definition) is 2. The van der Waals surface area contributed by atoms with E-state index in [4.69, 9.17) is 0 Å². The van der Waals surface area contributed by atoms with Gasteiger partial charge in [0.1, 0.15) is 11.5 Å². The van der Waals surface area contributed by atoms with Crippen molar-refractivity contribution in [3.05, 3.63) is 76.3 Å². The average Bonchev–Trinajstić information content (AvgIpc) is 3.00. The maximum atomic E-state index is 11.0. The third-order valence-electron chi connectivity index (χ3n) is 11.1. The standard InChI is InChI=1S/C24H35NO.C22H37NO/c1-17(23(2,3)4)14-18-15-20(16-21(22(18)26)24(5,6)7)25(8)19-12-10-9-11-13-19;1-15-18(23(8)16-12-10-9-11-13-16)14-17(21(2,3)4)20(24)19(15)22(5,6)7/h9-13,15-17,26H,14H2,1-8H3;14,16,24H,9-13H2,1-8H3. The van der Waals surface area contributed by atoms with E-state index >= 15 is 0 Å². The van der Waals surface area contributed by atoms with E-state index in [-0.39, 0.29) is 21.7 Å². The summed E-state index contributed by atoms with van der Waals surface area (Å²) in [7, 11) is 4.33. The van der Waals surface area contributed by atoms with Crippen LogP contribution in [0.2, 0.25) is 0 Å². The maximum Gasteiger partial charge on any atom is 0.123 e. The van der Waals surface area contributed by atoms with Gasteiger partial charge in [0.25, 0.3) is 0 Å². The van der Waals surface area contributed by atoms with E-state index in [0.717, 1.165) is 40.0 Å². The summed E-state index contributed by atoms with van der Waals surface area (Å²) in [6, 6.07) is 17.5. The molecular weight excluding hydrogens is 613 g/mol. The van der Waals surface area contributed by atoms with Crippen LogP contribution in [-0.2, 0) is 22.7 Å². The van der Waals surface area contributed by atoms with Gasteiger partial charge in [0.05, 0.1) is 0 Å². The van der Waals surface area contributed by atoms with Crippen LogP contribution in [0.25, 0.3) is 0 Å². The Bertz CT molecular complexity index is 1560. The van der Waals surface area contributed by atoms with Crippen molar-refractivity contribution in [3.63, 3.8) is 0 Å².